The molecule has 4 rings (SSSR count). The lowest BCUT2D eigenvalue weighted by atomic mass is 9.92. The minimum Gasteiger partial charge on any atom is -0.497 e. The molecular weight excluding hydrogens is 440 g/mol. The number of anilines is 1. The normalized spacial score (nSPS) is 18.4. The predicted octanol–water partition coefficient (Wildman–Crippen LogP) is 3.53. The lowest BCUT2D eigenvalue weighted by Gasteiger charge is -2.35. The van der Waals surface area contributed by atoms with Crippen LogP contribution in [-0.2, 0) is 11.3 Å². The fourth-order valence-corrected chi connectivity index (χ4v) is 5.52. The summed E-state index contributed by atoms with van der Waals surface area (Å²) in [5.41, 5.74) is 0.854. The first-order valence-corrected chi connectivity index (χ1v) is 11.8. The van der Waals surface area contributed by atoms with Gasteiger partial charge in [0.2, 0.25) is 5.91 Å². The molecule has 1 aliphatic rings. The van der Waals surface area contributed by atoms with Crippen LogP contribution in [0.2, 0.25) is 0 Å². The molecule has 0 aliphatic carbocycles. The molecule has 0 bridgehead atoms. The van der Waals surface area contributed by atoms with E-state index in [-0.39, 0.29) is 23.9 Å². The van der Waals surface area contributed by atoms with Gasteiger partial charge in [-0.05, 0) is 42.9 Å². The van der Waals surface area contributed by atoms with Gasteiger partial charge in [0.15, 0.2) is 0 Å². The Labute approximate surface area is 196 Å². The van der Waals surface area contributed by atoms with Gasteiger partial charge >= 0.3 is 0 Å². The Balaban J connectivity index is 1.58. The number of hydrogen-bond donors (Lipinski definition) is 1. The Kier molecular flexibility index (Phi) is 6.51. The average Bonchev–Trinajstić information content (AvgIpc) is 3.12. The van der Waals surface area contributed by atoms with Gasteiger partial charge < -0.3 is 15.0 Å². The number of nitrogens with zero attached hydrogens (tertiary/aromatic N) is 3. The van der Waals surface area contributed by atoms with Gasteiger partial charge in [0.05, 0.1) is 23.7 Å². The second kappa shape index (κ2) is 9.35. The van der Waals surface area contributed by atoms with E-state index >= 15 is 0 Å². The van der Waals surface area contributed by atoms with E-state index in [4.69, 9.17) is 4.74 Å². The summed E-state index contributed by atoms with van der Waals surface area (Å²) < 4.78 is 6.54. The van der Waals surface area contributed by atoms with Crippen LogP contribution in [0.4, 0.5) is 5.69 Å². The minimum absolute atomic E-state index is 0.0537. The van der Waals surface area contributed by atoms with Crippen molar-refractivity contribution in [3.8, 4) is 5.75 Å². The van der Waals surface area contributed by atoms with Gasteiger partial charge in [-0.2, -0.15) is 0 Å². The van der Waals surface area contributed by atoms with Crippen molar-refractivity contribution >= 4 is 39.1 Å². The van der Waals surface area contributed by atoms with Crippen LogP contribution in [-0.4, -0.2) is 46.5 Å². The lowest BCUT2D eigenvalue weighted by molar-refractivity contribution is -0.134. The predicted molar refractivity (Wildman–Crippen MR) is 129 cm³/mol. The molecule has 174 valence electrons. The summed E-state index contributed by atoms with van der Waals surface area (Å²) in [6.07, 6.45) is 2.50. The van der Waals surface area contributed by atoms with Crippen LogP contribution in [0.1, 0.15) is 35.5 Å². The number of hydrogen-bond acceptors (Lipinski definition) is 6. The zero-order valence-electron chi connectivity index (χ0n) is 19.3. The Bertz CT molecular complexity index is 1260. The summed E-state index contributed by atoms with van der Waals surface area (Å²) in [4.78, 5) is 46.1. The molecule has 2 atom stereocenters. The van der Waals surface area contributed by atoms with Crippen LogP contribution in [0, 0.1) is 18.8 Å². The van der Waals surface area contributed by atoms with Crippen LogP contribution in [0.15, 0.2) is 35.4 Å². The molecular formula is C24H28N4O4S. The molecule has 0 spiro atoms. The number of carbonyl (C=O) groups excluding carboxylic acids is 2. The van der Waals surface area contributed by atoms with Crippen molar-refractivity contribution in [3.63, 3.8) is 0 Å². The van der Waals surface area contributed by atoms with Gasteiger partial charge in [-0.3, -0.25) is 19.0 Å². The first-order valence-electron chi connectivity index (χ1n) is 11.0. The maximum Gasteiger partial charge on any atom is 0.266 e. The molecule has 2 aromatic heterocycles. The Morgan fingerprint density at radius 2 is 1.97 bits per heavy atom. The largest absolute Gasteiger partial charge is 0.497 e. The third kappa shape index (κ3) is 4.78. The molecule has 3 aromatic rings. The maximum absolute atomic E-state index is 13.2. The molecule has 0 saturated carbocycles. The van der Waals surface area contributed by atoms with Crippen molar-refractivity contribution in [1.29, 1.82) is 0 Å². The number of ether oxygens (including phenoxy) is 1. The summed E-state index contributed by atoms with van der Waals surface area (Å²) in [6.45, 7) is 7.38. The number of thiophene rings is 1. The number of benzene rings is 1. The highest BCUT2D eigenvalue weighted by Crippen LogP contribution is 2.28. The second-order valence-corrected chi connectivity index (χ2v) is 9.84. The third-order valence-corrected chi connectivity index (χ3v) is 7.18. The van der Waals surface area contributed by atoms with E-state index in [9.17, 15) is 14.4 Å². The van der Waals surface area contributed by atoms with Crippen molar-refractivity contribution in [2.45, 2.75) is 33.7 Å². The van der Waals surface area contributed by atoms with E-state index in [1.54, 1.807) is 38.3 Å². The Hall–Kier alpha value is -3.20. The molecule has 1 fully saturated rings. The Morgan fingerprint density at radius 3 is 2.67 bits per heavy atom. The van der Waals surface area contributed by atoms with Crippen LogP contribution < -0.4 is 15.6 Å². The first kappa shape index (κ1) is 23.0. The summed E-state index contributed by atoms with van der Waals surface area (Å²) in [5, 5.41) is 3.23. The summed E-state index contributed by atoms with van der Waals surface area (Å²) in [6, 6.07) is 7.06. The molecule has 1 aliphatic heterocycles. The lowest BCUT2D eigenvalue weighted by Crippen LogP contribution is -2.44. The van der Waals surface area contributed by atoms with Crippen LogP contribution >= 0.6 is 11.3 Å². The highest BCUT2D eigenvalue weighted by atomic mass is 32.1. The van der Waals surface area contributed by atoms with E-state index in [0.29, 0.717) is 57.0 Å². The number of aryl methyl sites for hydroxylation is 1. The summed E-state index contributed by atoms with van der Waals surface area (Å²) in [5.74, 6) is 1.12. The van der Waals surface area contributed by atoms with Gasteiger partial charge in [0.25, 0.3) is 11.5 Å². The van der Waals surface area contributed by atoms with E-state index in [1.165, 1.54) is 22.2 Å². The number of rotatable bonds is 5. The SMILES string of the molecule is COc1cccc(NC(=O)c2sc3ncn(CC(=O)N4CC(C)CC(C)C4)c(=O)c3c2C)c1. The van der Waals surface area contributed by atoms with Crippen molar-refractivity contribution in [1.82, 2.24) is 14.5 Å². The molecule has 0 radical (unpaired) electrons. The molecule has 1 N–H and O–H groups in total. The Morgan fingerprint density at radius 1 is 1.24 bits per heavy atom. The highest BCUT2D eigenvalue weighted by molar-refractivity contribution is 7.20. The molecule has 2 unspecified atom stereocenters. The van der Waals surface area contributed by atoms with Gasteiger partial charge in [-0.25, -0.2) is 4.98 Å². The van der Waals surface area contributed by atoms with Crippen molar-refractivity contribution in [2.24, 2.45) is 11.8 Å². The van der Waals surface area contributed by atoms with Gasteiger partial charge in [0.1, 0.15) is 17.1 Å². The number of aromatic nitrogens is 2. The maximum atomic E-state index is 13.2. The number of amides is 2. The fraction of sp³-hybridized carbons (Fsp3) is 0.417. The summed E-state index contributed by atoms with van der Waals surface area (Å²) >= 11 is 1.17. The van der Waals surface area contributed by atoms with Crippen molar-refractivity contribution in [3.05, 3.63) is 51.4 Å². The first-order chi connectivity index (χ1) is 15.8. The van der Waals surface area contributed by atoms with Crippen LogP contribution in [0.25, 0.3) is 10.2 Å². The number of fused-ring (bicyclic) bond motifs is 1. The molecule has 2 amide bonds. The quantitative estimate of drug-likeness (QED) is 0.618. The second-order valence-electron chi connectivity index (χ2n) is 8.84. The number of methoxy groups -OCH3 is 1. The molecule has 9 heteroatoms. The smallest absolute Gasteiger partial charge is 0.266 e. The molecule has 1 saturated heterocycles. The molecule has 1 aromatic carbocycles. The number of nitrogens with one attached hydrogen (secondary N) is 1. The van der Waals surface area contributed by atoms with Gasteiger partial charge in [0, 0.05) is 24.8 Å². The molecule has 3 heterocycles. The van der Waals surface area contributed by atoms with E-state index in [1.807, 2.05) is 4.90 Å². The zero-order chi connectivity index (χ0) is 23.7. The van der Waals surface area contributed by atoms with E-state index in [0.717, 1.165) is 6.42 Å². The summed E-state index contributed by atoms with van der Waals surface area (Å²) in [7, 11) is 1.56. The van der Waals surface area contributed by atoms with Gasteiger partial charge in [-0.1, -0.05) is 19.9 Å². The van der Waals surface area contributed by atoms with E-state index < -0.39 is 0 Å². The number of likely N-dealkylation sites (tertiary alicyclic amines) is 1. The van der Waals surface area contributed by atoms with Crippen LogP contribution in [0.5, 0.6) is 5.75 Å². The standard InChI is InChI=1S/C24H28N4O4S/c1-14-8-15(2)11-27(10-14)19(29)12-28-13-25-23-20(24(28)31)16(3)21(33-23)22(30)26-17-6-5-7-18(9-17)32-4/h5-7,9,13-15H,8,10-12H2,1-4H3,(H,26,30). The number of piperidine rings is 1. The van der Waals surface area contributed by atoms with Crippen LogP contribution in [0.3, 0.4) is 0 Å². The van der Waals surface area contributed by atoms with Gasteiger partial charge in [-0.15, -0.1) is 11.3 Å². The molecule has 33 heavy (non-hydrogen) atoms. The topological polar surface area (TPSA) is 93.5 Å². The highest BCUT2D eigenvalue weighted by Gasteiger charge is 2.26. The average molecular weight is 469 g/mol. The third-order valence-electron chi connectivity index (χ3n) is 5.98. The van der Waals surface area contributed by atoms with Crippen molar-refractivity contribution in [2.75, 3.05) is 25.5 Å². The van der Waals surface area contributed by atoms with E-state index in [2.05, 4.69) is 24.1 Å². The number of carbonyl (C=O) groups is 2. The fourth-order valence-electron chi connectivity index (χ4n) is 4.49. The minimum atomic E-state index is -0.318. The molecule has 8 nitrogen and oxygen atoms in total. The zero-order valence-corrected chi connectivity index (χ0v) is 20.1. The van der Waals surface area contributed by atoms with Crippen molar-refractivity contribution < 1.29 is 14.3 Å². The monoisotopic (exact) mass is 468 g/mol.